The van der Waals surface area contributed by atoms with Crippen molar-refractivity contribution < 1.29 is 23.7 Å². The minimum atomic E-state index is -0.981. The largest absolute Gasteiger partial charge is 0.457 e. The average Bonchev–Trinajstić information content (AvgIpc) is 3.19. The molecule has 0 aliphatic carbocycles. The minimum absolute atomic E-state index is 0.0561. The third kappa shape index (κ3) is 8.05. The summed E-state index contributed by atoms with van der Waals surface area (Å²) in [6.45, 7) is 14.7. The van der Waals surface area contributed by atoms with Crippen molar-refractivity contribution in [3.05, 3.63) is 108 Å². The highest BCUT2D eigenvalue weighted by molar-refractivity contribution is 6.45. The van der Waals surface area contributed by atoms with Gasteiger partial charge < -0.3 is 9.31 Å². The fraction of sp³-hybridized carbons (Fsp3) is 0.417. The number of unbranched alkanes of at least 4 members (excludes halogenated alkanes) is 1. The maximum Gasteiger partial charge on any atom is 0.457 e. The molecule has 7 heteroatoms. The van der Waals surface area contributed by atoms with E-state index in [0.717, 1.165) is 36.0 Å². The molecule has 0 aromatic heterocycles. The second-order valence-corrected chi connectivity index (χ2v) is 13.0. The van der Waals surface area contributed by atoms with E-state index in [0.29, 0.717) is 12.0 Å². The predicted molar refractivity (Wildman–Crippen MR) is 171 cm³/mol. The Bertz CT molecular complexity index is 1330. The fourth-order valence-electron chi connectivity index (χ4n) is 5.39. The quantitative estimate of drug-likeness (QED) is 0.105. The van der Waals surface area contributed by atoms with Gasteiger partial charge in [-0.05, 0) is 45.9 Å². The van der Waals surface area contributed by atoms with Gasteiger partial charge in [-0.25, -0.2) is 0 Å². The Morgan fingerprint density at radius 1 is 0.721 bits per heavy atom. The molecule has 0 spiro atoms. The first-order valence-corrected chi connectivity index (χ1v) is 14.9. The summed E-state index contributed by atoms with van der Waals surface area (Å²) in [5.74, 6) is 0.0561. The van der Waals surface area contributed by atoms with Crippen LogP contribution in [-0.2, 0) is 18.9 Å². The summed E-state index contributed by atoms with van der Waals surface area (Å²) in [6.07, 6.45) is 3.34. The number of benzene rings is 3. The standard InChI is InChI=1S/C35H44BNO3.CO2/c1-32(2,3)35(31(38)29-23-15-10-16-24-29,25-17-18-26-36-39-33(4,5)34(6,7)40-36)37-30(27-19-11-8-12-20-27)28-21-13-9-14-22-28;2-1-3/h8-16,19-24H,17-18,25-26H2,1-7H3;. The van der Waals surface area contributed by atoms with Crippen LogP contribution in [0.1, 0.15) is 89.2 Å². The van der Waals surface area contributed by atoms with Crippen molar-refractivity contribution in [1.82, 2.24) is 0 Å². The van der Waals surface area contributed by atoms with Gasteiger partial charge in [0.2, 0.25) is 0 Å². The SMILES string of the molecule is CC(C)(C)C(CCCCB1OC(C)(C)C(C)(C)O1)(N=C(c1ccccc1)c1ccccc1)C(=O)c1ccccc1.O=C=O. The molecule has 1 fully saturated rings. The van der Waals surface area contributed by atoms with Crippen molar-refractivity contribution in [2.45, 2.75) is 90.8 Å². The van der Waals surface area contributed by atoms with Gasteiger partial charge in [0, 0.05) is 16.7 Å². The lowest BCUT2D eigenvalue weighted by Crippen LogP contribution is -2.49. The molecule has 1 atom stereocenters. The third-order valence-electron chi connectivity index (χ3n) is 8.58. The number of rotatable bonds is 10. The summed E-state index contributed by atoms with van der Waals surface area (Å²) in [4.78, 5) is 36.3. The molecular weight excluding hydrogens is 537 g/mol. The van der Waals surface area contributed by atoms with Crippen molar-refractivity contribution in [2.75, 3.05) is 0 Å². The Morgan fingerprint density at radius 3 is 1.51 bits per heavy atom. The lowest BCUT2D eigenvalue weighted by molar-refractivity contribution is -0.191. The summed E-state index contributed by atoms with van der Waals surface area (Å²) in [7, 11) is -0.244. The van der Waals surface area contributed by atoms with Gasteiger partial charge >= 0.3 is 13.3 Å². The Labute approximate surface area is 257 Å². The molecule has 0 saturated carbocycles. The van der Waals surface area contributed by atoms with E-state index in [4.69, 9.17) is 23.9 Å². The molecule has 4 rings (SSSR count). The molecule has 1 heterocycles. The average molecular weight is 582 g/mol. The number of hydrogen-bond donors (Lipinski definition) is 0. The van der Waals surface area contributed by atoms with E-state index in [-0.39, 0.29) is 30.3 Å². The smallest absolute Gasteiger partial charge is 0.403 e. The number of nitrogens with zero attached hydrogens (tertiary/aromatic N) is 1. The van der Waals surface area contributed by atoms with E-state index in [1.807, 2.05) is 66.7 Å². The lowest BCUT2D eigenvalue weighted by atomic mass is 9.66. The zero-order valence-corrected chi connectivity index (χ0v) is 26.6. The van der Waals surface area contributed by atoms with Gasteiger partial charge in [0.05, 0.1) is 16.9 Å². The number of ketones is 1. The molecule has 0 amide bonds. The molecule has 0 N–H and O–H groups in total. The zero-order valence-electron chi connectivity index (χ0n) is 26.6. The second-order valence-electron chi connectivity index (χ2n) is 13.0. The predicted octanol–water partition coefficient (Wildman–Crippen LogP) is 7.87. The minimum Gasteiger partial charge on any atom is -0.403 e. The normalized spacial score (nSPS) is 16.7. The van der Waals surface area contributed by atoms with Gasteiger partial charge in [0.25, 0.3) is 0 Å². The van der Waals surface area contributed by atoms with E-state index in [9.17, 15) is 4.79 Å². The van der Waals surface area contributed by atoms with Crippen LogP contribution in [0.2, 0.25) is 6.32 Å². The summed E-state index contributed by atoms with van der Waals surface area (Å²) >= 11 is 0. The Morgan fingerprint density at radius 2 is 1.12 bits per heavy atom. The zero-order chi connectivity index (χ0) is 31.7. The maximum absolute atomic E-state index is 14.6. The van der Waals surface area contributed by atoms with Gasteiger partial charge in [0.15, 0.2) is 5.78 Å². The van der Waals surface area contributed by atoms with E-state index in [1.165, 1.54) is 0 Å². The van der Waals surface area contributed by atoms with Crippen molar-refractivity contribution >= 4 is 24.8 Å². The molecular formula is C36H44BNO5. The molecule has 43 heavy (non-hydrogen) atoms. The van der Waals surface area contributed by atoms with Gasteiger partial charge in [-0.3, -0.25) is 9.79 Å². The van der Waals surface area contributed by atoms with Crippen molar-refractivity contribution in [3.8, 4) is 0 Å². The second kappa shape index (κ2) is 14.2. The van der Waals surface area contributed by atoms with Crippen LogP contribution < -0.4 is 0 Å². The molecule has 0 radical (unpaired) electrons. The first-order chi connectivity index (χ1) is 20.3. The molecule has 3 aromatic rings. The highest BCUT2D eigenvalue weighted by atomic mass is 16.7. The van der Waals surface area contributed by atoms with Crippen LogP contribution in [0.4, 0.5) is 0 Å². The number of aliphatic imine (C=N–C) groups is 1. The molecule has 3 aromatic carbocycles. The van der Waals surface area contributed by atoms with Gasteiger partial charge in [0.1, 0.15) is 5.54 Å². The Balaban J connectivity index is 0.00000162. The van der Waals surface area contributed by atoms with E-state index in [2.05, 4.69) is 72.7 Å². The monoisotopic (exact) mass is 581 g/mol. The molecule has 1 aliphatic rings. The first kappa shape index (κ1) is 33.9. The molecule has 0 bridgehead atoms. The van der Waals surface area contributed by atoms with Crippen LogP contribution in [0.5, 0.6) is 0 Å². The number of hydrogen-bond acceptors (Lipinski definition) is 6. The van der Waals surface area contributed by atoms with E-state index < -0.39 is 11.0 Å². The summed E-state index contributed by atoms with van der Waals surface area (Å²) in [5.41, 5.74) is 1.41. The molecule has 226 valence electrons. The van der Waals surface area contributed by atoms with Crippen molar-refractivity contribution in [2.24, 2.45) is 10.4 Å². The van der Waals surface area contributed by atoms with Crippen LogP contribution in [-0.4, -0.2) is 41.5 Å². The molecule has 1 unspecified atom stereocenters. The summed E-state index contributed by atoms with van der Waals surface area (Å²) in [5, 5.41) is 0. The van der Waals surface area contributed by atoms with Gasteiger partial charge in [-0.2, -0.15) is 9.59 Å². The van der Waals surface area contributed by atoms with Crippen LogP contribution in [0.15, 0.2) is 96.0 Å². The molecule has 1 aliphatic heterocycles. The lowest BCUT2D eigenvalue weighted by Gasteiger charge is -2.41. The van der Waals surface area contributed by atoms with E-state index >= 15 is 0 Å². The fourth-order valence-corrected chi connectivity index (χ4v) is 5.39. The topological polar surface area (TPSA) is 82.0 Å². The number of Topliss-reactive ketones (excluding diaryl/α,β-unsaturated/α-hetero) is 1. The summed E-state index contributed by atoms with van der Waals surface area (Å²) in [6, 6.07) is 30.0. The number of carbonyl (C=O) groups is 1. The van der Waals surface area contributed by atoms with Crippen LogP contribution >= 0.6 is 0 Å². The molecule has 6 nitrogen and oxygen atoms in total. The van der Waals surface area contributed by atoms with E-state index in [1.54, 1.807) is 0 Å². The number of carbonyl (C=O) groups excluding carboxylic acids is 3. The van der Waals surface area contributed by atoms with Crippen LogP contribution in [0.25, 0.3) is 0 Å². The molecule has 1 saturated heterocycles. The van der Waals surface area contributed by atoms with Gasteiger partial charge in [-0.1, -0.05) is 125 Å². The highest BCUT2D eigenvalue weighted by Gasteiger charge is 2.51. The van der Waals surface area contributed by atoms with Crippen LogP contribution in [0, 0.1) is 5.41 Å². The summed E-state index contributed by atoms with van der Waals surface area (Å²) < 4.78 is 12.5. The maximum atomic E-state index is 14.6. The Kier molecular flexibility index (Phi) is 11.2. The highest BCUT2D eigenvalue weighted by Crippen LogP contribution is 2.43. The van der Waals surface area contributed by atoms with Crippen molar-refractivity contribution in [1.29, 1.82) is 0 Å². The Hall–Kier alpha value is -3.64. The first-order valence-electron chi connectivity index (χ1n) is 14.9. The van der Waals surface area contributed by atoms with Crippen LogP contribution in [0.3, 0.4) is 0 Å². The van der Waals surface area contributed by atoms with Crippen molar-refractivity contribution in [3.63, 3.8) is 0 Å². The van der Waals surface area contributed by atoms with Gasteiger partial charge in [-0.15, -0.1) is 0 Å². The third-order valence-corrected chi connectivity index (χ3v) is 8.58.